The lowest BCUT2D eigenvalue weighted by Gasteiger charge is -2.11. The van der Waals surface area contributed by atoms with Gasteiger partial charge >= 0.3 is 0 Å². The fourth-order valence-electron chi connectivity index (χ4n) is 2.03. The van der Waals surface area contributed by atoms with E-state index in [0.717, 1.165) is 25.5 Å². The van der Waals surface area contributed by atoms with Crippen LogP contribution in [-0.4, -0.2) is 43.0 Å². The molecule has 0 atom stereocenters. The highest BCUT2D eigenvalue weighted by Crippen LogP contribution is 1.98. The van der Waals surface area contributed by atoms with Gasteiger partial charge in [-0.3, -0.25) is 14.8 Å². The highest BCUT2D eigenvalue weighted by molar-refractivity contribution is 5.93. The average molecular weight is 319 g/mol. The number of nitrogens with one attached hydrogen (secondary N) is 3. The van der Waals surface area contributed by atoms with E-state index in [1.807, 2.05) is 6.92 Å². The monoisotopic (exact) mass is 319 g/mol. The standard InChI is InChI=1S/C17H29N5O/c1-3-5-6-7-11-21-17(19-4-2)22-13-12-20-16(23)15-9-8-10-18-14-15/h8-10,14H,3-7,11-13H2,1-2H3,(H,20,23)(H2,19,21,22). The summed E-state index contributed by atoms with van der Waals surface area (Å²) in [6.45, 7) is 7.06. The summed E-state index contributed by atoms with van der Waals surface area (Å²) >= 11 is 0. The topological polar surface area (TPSA) is 78.4 Å². The van der Waals surface area contributed by atoms with Crippen molar-refractivity contribution in [1.82, 2.24) is 20.9 Å². The number of carbonyl (C=O) groups excluding carboxylic acids is 1. The molecule has 6 heteroatoms. The van der Waals surface area contributed by atoms with Crippen LogP contribution in [0.1, 0.15) is 49.9 Å². The van der Waals surface area contributed by atoms with Crippen molar-refractivity contribution >= 4 is 11.9 Å². The highest BCUT2D eigenvalue weighted by Gasteiger charge is 2.03. The van der Waals surface area contributed by atoms with Gasteiger partial charge in [-0.05, 0) is 25.5 Å². The maximum Gasteiger partial charge on any atom is 0.252 e. The zero-order valence-electron chi connectivity index (χ0n) is 14.3. The van der Waals surface area contributed by atoms with Gasteiger partial charge in [-0.1, -0.05) is 26.2 Å². The van der Waals surface area contributed by atoms with E-state index in [1.165, 1.54) is 19.3 Å². The Bertz CT molecular complexity index is 461. The Kier molecular flexibility index (Phi) is 10.2. The number of hydrogen-bond donors (Lipinski definition) is 3. The maximum absolute atomic E-state index is 11.9. The Labute approximate surface area is 139 Å². The second-order valence-electron chi connectivity index (χ2n) is 5.25. The minimum atomic E-state index is -0.110. The molecule has 0 unspecified atom stereocenters. The molecule has 1 aromatic rings. The maximum atomic E-state index is 11.9. The third kappa shape index (κ3) is 8.80. The molecule has 3 N–H and O–H groups in total. The summed E-state index contributed by atoms with van der Waals surface area (Å²) in [7, 11) is 0. The Morgan fingerprint density at radius 2 is 1.96 bits per heavy atom. The number of unbranched alkanes of at least 4 members (excludes halogenated alkanes) is 3. The summed E-state index contributed by atoms with van der Waals surface area (Å²) in [5.74, 6) is 0.695. The number of guanidine groups is 1. The third-order valence-electron chi connectivity index (χ3n) is 3.25. The first-order valence-electron chi connectivity index (χ1n) is 8.48. The molecule has 23 heavy (non-hydrogen) atoms. The summed E-state index contributed by atoms with van der Waals surface area (Å²) in [5, 5.41) is 9.29. The molecule has 0 aliphatic heterocycles. The SMILES string of the molecule is CCCCCCN=C(NCC)NCCNC(=O)c1cccnc1. The number of amides is 1. The highest BCUT2D eigenvalue weighted by atomic mass is 16.1. The van der Waals surface area contributed by atoms with E-state index in [0.29, 0.717) is 18.7 Å². The Morgan fingerprint density at radius 3 is 2.65 bits per heavy atom. The smallest absolute Gasteiger partial charge is 0.252 e. The molecule has 128 valence electrons. The number of nitrogens with zero attached hydrogens (tertiary/aromatic N) is 2. The van der Waals surface area contributed by atoms with Crippen LogP contribution in [0.4, 0.5) is 0 Å². The molecule has 0 aliphatic rings. The normalized spacial score (nSPS) is 11.1. The van der Waals surface area contributed by atoms with Crippen molar-refractivity contribution in [1.29, 1.82) is 0 Å². The summed E-state index contributed by atoms with van der Waals surface area (Å²) in [6, 6.07) is 3.50. The second-order valence-corrected chi connectivity index (χ2v) is 5.25. The molecule has 0 radical (unpaired) electrons. The summed E-state index contributed by atoms with van der Waals surface area (Å²) < 4.78 is 0. The van der Waals surface area contributed by atoms with Crippen molar-refractivity contribution in [3.63, 3.8) is 0 Å². The molecular weight excluding hydrogens is 290 g/mol. The summed E-state index contributed by atoms with van der Waals surface area (Å²) in [5.41, 5.74) is 0.573. The lowest BCUT2D eigenvalue weighted by Crippen LogP contribution is -2.41. The van der Waals surface area contributed by atoms with Gasteiger partial charge in [0.25, 0.3) is 5.91 Å². The number of hydrogen-bond acceptors (Lipinski definition) is 3. The van der Waals surface area contributed by atoms with Crippen LogP contribution in [0.3, 0.4) is 0 Å². The number of rotatable bonds is 10. The molecule has 1 heterocycles. The van der Waals surface area contributed by atoms with Gasteiger partial charge in [0.05, 0.1) is 5.56 Å². The predicted molar refractivity (Wildman–Crippen MR) is 94.7 cm³/mol. The zero-order valence-corrected chi connectivity index (χ0v) is 14.3. The summed E-state index contributed by atoms with van der Waals surface area (Å²) in [4.78, 5) is 20.3. The second kappa shape index (κ2) is 12.4. The molecule has 1 aromatic heterocycles. The first kappa shape index (κ1) is 18.9. The number of carbonyl (C=O) groups is 1. The van der Waals surface area contributed by atoms with Crippen molar-refractivity contribution in [2.45, 2.75) is 39.5 Å². The molecule has 0 saturated heterocycles. The molecule has 0 fully saturated rings. The quantitative estimate of drug-likeness (QED) is 0.350. The lowest BCUT2D eigenvalue weighted by molar-refractivity contribution is 0.0954. The molecule has 0 aliphatic carbocycles. The molecule has 6 nitrogen and oxygen atoms in total. The molecule has 0 aromatic carbocycles. The molecule has 0 saturated carbocycles. The van der Waals surface area contributed by atoms with Crippen molar-refractivity contribution < 1.29 is 4.79 Å². The predicted octanol–water partition coefficient (Wildman–Crippen LogP) is 1.95. The van der Waals surface area contributed by atoms with Crippen LogP contribution in [0, 0.1) is 0 Å². The van der Waals surface area contributed by atoms with Crippen LogP contribution in [0.5, 0.6) is 0 Å². The van der Waals surface area contributed by atoms with Gasteiger partial charge in [-0.25, -0.2) is 0 Å². The largest absolute Gasteiger partial charge is 0.357 e. The van der Waals surface area contributed by atoms with Gasteiger partial charge < -0.3 is 16.0 Å². The van der Waals surface area contributed by atoms with Crippen molar-refractivity contribution in [3.05, 3.63) is 30.1 Å². The van der Waals surface area contributed by atoms with Crippen molar-refractivity contribution in [2.75, 3.05) is 26.2 Å². The van der Waals surface area contributed by atoms with E-state index in [4.69, 9.17) is 0 Å². The van der Waals surface area contributed by atoms with E-state index in [2.05, 4.69) is 32.9 Å². The molecule has 0 spiro atoms. The molecule has 0 bridgehead atoms. The summed E-state index contributed by atoms with van der Waals surface area (Å²) in [6.07, 6.45) is 8.05. The van der Waals surface area contributed by atoms with Crippen LogP contribution in [0.15, 0.2) is 29.5 Å². The first-order chi connectivity index (χ1) is 11.3. The van der Waals surface area contributed by atoms with E-state index < -0.39 is 0 Å². The fourth-order valence-corrected chi connectivity index (χ4v) is 2.03. The van der Waals surface area contributed by atoms with Crippen LogP contribution in [0.2, 0.25) is 0 Å². The van der Waals surface area contributed by atoms with Gasteiger partial charge in [-0.2, -0.15) is 0 Å². The van der Waals surface area contributed by atoms with E-state index in [-0.39, 0.29) is 5.91 Å². The Hall–Kier alpha value is -2.11. The third-order valence-corrected chi connectivity index (χ3v) is 3.25. The van der Waals surface area contributed by atoms with Crippen molar-refractivity contribution in [2.24, 2.45) is 4.99 Å². The van der Waals surface area contributed by atoms with Gasteiger partial charge in [0.1, 0.15) is 0 Å². The average Bonchev–Trinajstić information content (AvgIpc) is 2.59. The molecule has 1 rings (SSSR count). The lowest BCUT2D eigenvalue weighted by atomic mass is 10.2. The van der Waals surface area contributed by atoms with Gasteiger partial charge in [0.2, 0.25) is 0 Å². The first-order valence-corrected chi connectivity index (χ1v) is 8.48. The number of pyridine rings is 1. The van der Waals surface area contributed by atoms with Crippen molar-refractivity contribution in [3.8, 4) is 0 Å². The van der Waals surface area contributed by atoms with Gasteiger partial charge in [0.15, 0.2) is 5.96 Å². The number of aromatic nitrogens is 1. The van der Waals surface area contributed by atoms with Gasteiger partial charge in [-0.15, -0.1) is 0 Å². The minimum Gasteiger partial charge on any atom is -0.357 e. The Morgan fingerprint density at radius 1 is 1.13 bits per heavy atom. The minimum absolute atomic E-state index is 0.110. The zero-order chi connectivity index (χ0) is 16.8. The van der Waals surface area contributed by atoms with E-state index >= 15 is 0 Å². The van der Waals surface area contributed by atoms with Crippen LogP contribution in [0.25, 0.3) is 0 Å². The van der Waals surface area contributed by atoms with Gasteiger partial charge in [0, 0.05) is 38.6 Å². The van der Waals surface area contributed by atoms with Crippen LogP contribution in [-0.2, 0) is 0 Å². The van der Waals surface area contributed by atoms with Crippen LogP contribution < -0.4 is 16.0 Å². The van der Waals surface area contributed by atoms with E-state index in [1.54, 1.807) is 24.5 Å². The molecule has 1 amide bonds. The van der Waals surface area contributed by atoms with E-state index in [9.17, 15) is 4.79 Å². The molecular formula is C17H29N5O. The Balaban J connectivity index is 2.24. The fraction of sp³-hybridized carbons (Fsp3) is 0.588. The van der Waals surface area contributed by atoms with Crippen LogP contribution >= 0.6 is 0 Å². The number of aliphatic imine (C=N–C) groups is 1.